The minimum Gasteiger partial charge on any atom is -0.378 e. The third-order valence-electron chi connectivity index (χ3n) is 3.78. The normalized spacial score (nSPS) is 9.50. The molecule has 0 aliphatic rings. The van der Waals surface area contributed by atoms with Crippen LogP contribution in [0.2, 0.25) is 0 Å². The number of anilines is 1. The largest absolute Gasteiger partial charge is 2.00 e. The molecule has 0 bridgehead atoms. The first-order valence-corrected chi connectivity index (χ1v) is 8.61. The van der Waals surface area contributed by atoms with Crippen molar-refractivity contribution in [3.05, 3.63) is 91.5 Å². The molecular weight excluding hydrogens is 529 g/mol. The van der Waals surface area contributed by atoms with Gasteiger partial charge in [0.15, 0.2) is 0 Å². The molecule has 4 aromatic rings. The van der Waals surface area contributed by atoms with Crippen molar-refractivity contribution < 1.29 is 21.1 Å². The average Bonchev–Trinajstić information content (AvgIpc) is 2.76. The number of hydrogen-bond acceptors (Lipinski definition) is 5. The molecule has 6 heteroatoms. The molecule has 0 fully saturated rings. The molecule has 5 nitrogen and oxygen atoms in total. The second kappa shape index (κ2) is 11.1. The van der Waals surface area contributed by atoms with E-state index in [0.717, 1.165) is 22.8 Å². The first-order valence-electron chi connectivity index (χ1n) is 8.61. The van der Waals surface area contributed by atoms with Crippen LogP contribution in [0.15, 0.2) is 91.5 Å². The van der Waals surface area contributed by atoms with Crippen LogP contribution in [0.4, 0.5) is 5.69 Å². The summed E-state index contributed by atoms with van der Waals surface area (Å²) >= 11 is 0. The van der Waals surface area contributed by atoms with E-state index in [4.69, 9.17) is 0 Å². The molecule has 0 spiro atoms. The third kappa shape index (κ3) is 6.07. The second-order valence-corrected chi connectivity index (χ2v) is 5.94. The second-order valence-electron chi connectivity index (χ2n) is 5.94. The maximum atomic E-state index is 4.59. The van der Waals surface area contributed by atoms with E-state index in [9.17, 15) is 0 Å². The maximum absolute atomic E-state index is 4.59. The summed E-state index contributed by atoms with van der Waals surface area (Å²) < 4.78 is 0. The topological polar surface area (TPSA) is 54.8 Å². The smallest absolute Gasteiger partial charge is 0.378 e. The van der Waals surface area contributed by atoms with Gasteiger partial charge in [-0.3, -0.25) is 15.0 Å². The van der Waals surface area contributed by atoms with Crippen molar-refractivity contribution in [2.75, 3.05) is 19.0 Å². The van der Waals surface area contributed by atoms with Crippen LogP contribution in [0.3, 0.4) is 0 Å². The van der Waals surface area contributed by atoms with Gasteiger partial charge in [0.05, 0.1) is 22.8 Å². The Hall–Kier alpha value is -2.91. The van der Waals surface area contributed by atoms with Crippen molar-refractivity contribution in [3.8, 4) is 22.8 Å². The monoisotopic (exact) mass is 550 g/mol. The van der Waals surface area contributed by atoms with Gasteiger partial charge in [-0.2, -0.15) is 0 Å². The van der Waals surface area contributed by atoms with Crippen molar-refractivity contribution in [3.63, 3.8) is 0 Å². The fraction of sp³-hybridized carbons (Fsp3) is 0.0909. The zero-order chi connectivity index (χ0) is 18.9. The summed E-state index contributed by atoms with van der Waals surface area (Å²) in [5.74, 6) is 0. The van der Waals surface area contributed by atoms with E-state index in [1.165, 1.54) is 5.69 Å². The quantitative estimate of drug-likeness (QED) is 0.380. The molecule has 0 aromatic carbocycles. The standard InChI is InChI=1S/C15H11N3.C7H10N2.Pt/c1-3-10-16-12(6-1)14-8-5-9-15(18-14)13-7-2-4-11-17-13;1-9(2)7-3-5-8-6-4-7;/h1-11H;3-6H,1-2H3;/q;;+2. The van der Waals surface area contributed by atoms with Gasteiger partial charge in [0.2, 0.25) is 0 Å². The number of aromatic nitrogens is 4. The molecule has 0 radical (unpaired) electrons. The number of rotatable bonds is 3. The Morgan fingerprint density at radius 3 is 1.46 bits per heavy atom. The third-order valence-corrected chi connectivity index (χ3v) is 3.78. The van der Waals surface area contributed by atoms with Gasteiger partial charge >= 0.3 is 21.1 Å². The first kappa shape index (κ1) is 21.4. The molecule has 0 atom stereocenters. The van der Waals surface area contributed by atoms with Gasteiger partial charge in [-0.25, -0.2) is 4.98 Å². The molecule has 0 saturated carbocycles. The first-order chi connectivity index (χ1) is 13.2. The molecule has 0 N–H and O–H groups in total. The van der Waals surface area contributed by atoms with Crippen LogP contribution >= 0.6 is 0 Å². The Morgan fingerprint density at radius 2 is 1.07 bits per heavy atom. The van der Waals surface area contributed by atoms with E-state index in [1.807, 2.05) is 85.7 Å². The van der Waals surface area contributed by atoms with Crippen LogP contribution in [-0.2, 0) is 21.1 Å². The Kier molecular flexibility index (Phi) is 8.44. The minimum atomic E-state index is 0. The summed E-state index contributed by atoms with van der Waals surface area (Å²) in [6, 6.07) is 21.4. The average molecular weight is 551 g/mol. The van der Waals surface area contributed by atoms with E-state index < -0.39 is 0 Å². The summed E-state index contributed by atoms with van der Waals surface area (Å²) in [5.41, 5.74) is 4.65. The Labute approximate surface area is 179 Å². The van der Waals surface area contributed by atoms with Gasteiger partial charge in [0, 0.05) is 44.6 Å². The summed E-state index contributed by atoms with van der Waals surface area (Å²) in [7, 11) is 4.02. The fourth-order valence-corrected chi connectivity index (χ4v) is 2.39. The molecule has 28 heavy (non-hydrogen) atoms. The van der Waals surface area contributed by atoms with E-state index in [-0.39, 0.29) is 21.1 Å². The Morgan fingerprint density at radius 1 is 0.571 bits per heavy atom. The summed E-state index contributed by atoms with van der Waals surface area (Å²) in [5, 5.41) is 0. The predicted octanol–water partition coefficient (Wildman–Crippen LogP) is 4.35. The minimum absolute atomic E-state index is 0. The van der Waals surface area contributed by atoms with Gasteiger partial charge in [-0.1, -0.05) is 18.2 Å². The Bertz CT molecular complexity index is 893. The van der Waals surface area contributed by atoms with Gasteiger partial charge in [0.1, 0.15) is 0 Å². The summed E-state index contributed by atoms with van der Waals surface area (Å²) in [4.78, 5) is 19.1. The van der Waals surface area contributed by atoms with Crippen LogP contribution in [0, 0.1) is 0 Å². The number of nitrogens with zero attached hydrogens (tertiary/aromatic N) is 5. The van der Waals surface area contributed by atoms with E-state index in [2.05, 4.69) is 19.9 Å². The summed E-state index contributed by atoms with van der Waals surface area (Å²) in [6.07, 6.45) is 7.11. The zero-order valence-corrected chi connectivity index (χ0v) is 18.0. The van der Waals surface area contributed by atoms with Crippen molar-refractivity contribution in [2.45, 2.75) is 0 Å². The molecule has 4 rings (SSSR count). The predicted molar refractivity (Wildman–Crippen MR) is 109 cm³/mol. The van der Waals surface area contributed by atoms with Crippen molar-refractivity contribution in [1.29, 1.82) is 0 Å². The van der Waals surface area contributed by atoms with Gasteiger partial charge in [-0.05, 0) is 48.5 Å². The molecule has 0 unspecified atom stereocenters. The molecule has 0 saturated heterocycles. The molecule has 0 amide bonds. The molecule has 4 heterocycles. The van der Waals surface area contributed by atoms with Crippen molar-refractivity contribution >= 4 is 5.69 Å². The zero-order valence-electron chi connectivity index (χ0n) is 15.7. The van der Waals surface area contributed by atoms with Crippen LogP contribution < -0.4 is 4.90 Å². The van der Waals surface area contributed by atoms with Crippen LogP contribution in [0.5, 0.6) is 0 Å². The fourth-order valence-electron chi connectivity index (χ4n) is 2.39. The van der Waals surface area contributed by atoms with Crippen molar-refractivity contribution in [2.24, 2.45) is 0 Å². The molecule has 0 aliphatic heterocycles. The van der Waals surface area contributed by atoms with E-state index >= 15 is 0 Å². The van der Waals surface area contributed by atoms with Gasteiger partial charge in [0.25, 0.3) is 0 Å². The van der Waals surface area contributed by atoms with E-state index in [0.29, 0.717) is 0 Å². The van der Waals surface area contributed by atoms with Crippen molar-refractivity contribution in [1.82, 2.24) is 19.9 Å². The van der Waals surface area contributed by atoms with Crippen LogP contribution in [0.1, 0.15) is 0 Å². The number of hydrogen-bond donors (Lipinski definition) is 0. The number of pyridine rings is 4. The molecule has 142 valence electrons. The van der Waals surface area contributed by atoms with Crippen LogP contribution in [0.25, 0.3) is 22.8 Å². The van der Waals surface area contributed by atoms with E-state index in [1.54, 1.807) is 24.8 Å². The van der Waals surface area contributed by atoms with Gasteiger partial charge < -0.3 is 4.90 Å². The SMILES string of the molecule is CN(C)c1ccncc1.[Pt+2].c1ccc(-c2cccc(-c3ccccn3)n2)nc1. The molecular formula is C22H21N5Pt+2. The Balaban J connectivity index is 0.000000239. The molecule has 4 aromatic heterocycles. The maximum Gasteiger partial charge on any atom is 2.00 e. The molecule has 0 aliphatic carbocycles. The van der Waals surface area contributed by atoms with Crippen LogP contribution in [-0.4, -0.2) is 34.0 Å². The van der Waals surface area contributed by atoms with Gasteiger partial charge in [-0.15, -0.1) is 0 Å². The summed E-state index contributed by atoms with van der Waals surface area (Å²) in [6.45, 7) is 0.